The van der Waals surface area contributed by atoms with Gasteiger partial charge in [-0.2, -0.15) is 0 Å². The van der Waals surface area contributed by atoms with Gasteiger partial charge in [-0.3, -0.25) is 0 Å². The highest BCUT2D eigenvalue weighted by Gasteiger charge is 1.98. The molecule has 0 saturated carbocycles. The van der Waals surface area contributed by atoms with Crippen molar-refractivity contribution in [1.29, 1.82) is 0 Å². The van der Waals surface area contributed by atoms with Crippen molar-refractivity contribution >= 4 is 61.1 Å². The van der Waals surface area contributed by atoms with Crippen LogP contribution in [0, 0.1) is 0 Å². The molecule has 0 spiro atoms. The maximum atomic E-state index is 3.48. The molecule has 0 amide bonds. The lowest BCUT2D eigenvalue weighted by Gasteiger charge is -2.03. The Hall–Kier alpha value is 1.16. The van der Waals surface area contributed by atoms with E-state index in [1.54, 1.807) is 0 Å². The molecule has 0 N–H and O–H groups in total. The van der Waals surface area contributed by atoms with Crippen LogP contribution >= 0.6 is 61.1 Å². The minimum atomic E-state index is 0.959. The van der Waals surface area contributed by atoms with Gasteiger partial charge in [0.05, 0.1) is 0 Å². The zero-order valence-corrected chi connectivity index (χ0v) is 12.4. The van der Waals surface area contributed by atoms with Gasteiger partial charge in [0.15, 0.2) is 0 Å². The third-order valence-electron chi connectivity index (χ3n) is 1.58. The predicted octanol–water partition coefficient (Wildman–Crippen LogP) is 4.45. The van der Waals surface area contributed by atoms with E-state index in [1.165, 1.54) is 16.7 Å². The first-order valence-electron chi connectivity index (χ1n) is 3.59. The summed E-state index contributed by atoms with van der Waals surface area (Å²) in [5.74, 6) is 0. The Balaban J connectivity index is 3.01. The molecule has 0 aliphatic heterocycles. The van der Waals surface area contributed by atoms with Gasteiger partial charge in [0.2, 0.25) is 0 Å². The lowest BCUT2D eigenvalue weighted by molar-refractivity contribution is 1.30. The third-order valence-corrected chi connectivity index (χ3v) is 3.98. The van der Waals surface area contributed by atoms with Crippen LogP contribution in [0.3, 0.4) is 0 Å². The fourth-order valence-electron chi connectivity index (χ4n) is 1.07. The molecule has 0 heterocycles. The molecule has 0 bridgehead atoms. The Kier molecular flexibility index (Phi) is 5.43. The molecule has 0 aliphatic carbocycles. The van der Waals surface area contributed by atoms with Gasteiger partial charge in [0, 0.05) is 14.2 Å². The van der Waals surface area contributed by atoms with Gasteiger partial charge in [0.25, 0.3) is 0 Å². The van der Waals surface area contributed by atoms with E-state index in [9.17, 15) is 0 Å². The molecule has 0 aromatic heterocycles. The topological polar surface area (TPSA) is 0 Å². The summed E-state index contributed by atoms with van der Waals surface area (Å²) >= 11 is 8.28. The van der Waals surface area contributed by atoms with Crippen LogP contribution in [-0.4, -0.2) is 0 Å². The van der Waals surface area contributed by atoms with Gasteiger partial charge >= 0.3 is 0 Å². The second-order valence-electron chi connectivity index (χ2n) is 2.56. The average molecular weight is 451 g/mol. The minimum Gasteiger partial charge on any atom is -0.0876 e. The molecule has 1 aromatic carbocycles. The fraction of sp³-hybridized carbons (Fsp3) is 0.333. The van der Waals surface area contributed by atoms with Crippen molar-refractivity contribution in [3.8, 4) is 0 Å². The molecule has 3 heteroatoms. The van der Waals surface area contributed by atoms with Crippen LogP contribution in [0.2, 0.25) is 0 Å². The number of hydrogen-bond donors (Lipinski definition) is 0. The Bertz CT molecular complexity index is 205. The minimum absolute atomic E-state index is 0.959. The Morgan fingerprint density at radius 3 is 1.67 bits per heavy atom. The molecule has 0 atom stereocenters. The number of benzene rings is 1. The molecule has 0 radical (unpaired) electrons. The zero-order valence-electron chi connectivity index (χ0n) is 6.49. The van der Waals surface area contributed by atoms with E-state index >= 15 is 0 Å². The molecule has 0 aliphatic rings. The normalized spacial score (nSPS) is 10.2. The van der Waals surface area contributed by atoms with Crippen molar-refractivity contribution in [2.24, 2.45) is 0 Å². The Morgan fingerprint density at radius 1 is 0.917 bits per heavy atom. The third kappa shape index (κ3) is 3.14. The number of hydrogen-bond acceptors (Lipinski definition) is 0. The summed E-state index contributed by atoms with van der Waals surface area (Å²) in [4.78, 5) is 0. The lowest BCUT2D eigenvalue weighted by Crippen LogP contribution is -1.87. The number of alkyl halides is 3. The van der Waals surface area contributed by atoms with E-state index < -0.39 is 0 Å². The second-order valence-corrected chi connectivity index (χ2v) is 4.64. The van der Waals surface area contributed by atoms with E-state index in [2.05, 4.69) is 79.3 Å². The molecular formula is C9H9BrI2. The van der Waals surface area contributed by atoms with Crippen LogP contribution in [0.4, 0.5) is 0 Å². The summed E-state index contributed by atoms with van der Waals surface area (Å²) < 4.78 is 2.20. The second kappa shape index (κ2) is 5.80. The van der Waals surface area contributed by atoms with Gasteiger partial charge in [-0.15, -0.1) is 0 Å². The van der Waals surface area contributed by atoms with Crippen LogP contribution in [0.15, 0.2) is 18.2 Å². The van der Waals surface area contributed by atoms with Gasteiger partial charge in [-0.05, 0) is 16.7 Å². The van der Waals surface area contributed by atoms with Crippen molar-refractivity contribution < 1.29 is 0 Å². The summed E-state index contributed by atoms with van der Waals surface area (Å²) in [6.45, 7) is 0. The van der Waals surface area contributed by atoms with Crippen molar-refractivity contribution in [2.75, 3.05) is 0 Å². The Labute approximate surface area is 109 Å². The first-order valence-corrected chi connectivity index (χ1v) is 7.77. The van der Waals surface area contributed by atoms with E-state index in [0.29, 0.717) is 0 Å². The highest BCUT2D eigenvalue weighted by molar-refractivity contribution is 14.1. The van der Waals surface area contributed by atoms with Crippen LogP contribution in [-0.2, 0) is 14.2 Å². The van der Waals surface area contributed by atoms with Crippen LogP contribution in [0.25, 0.3) is 0 Å². The lowest BCUT2D eigenvalue weighted by atomic mass is 10.1. The van der Waals surface area contributed by atoms with E-state index in [1.807, 2.05) is 0 Å². The quantitative estimate of drug-likeness (QED) is 0.471. The SMILES string of the molecule is BrCc1cc(CI)cc(CI)c1. The van der Waals surface area contributed by atoms with E-state index in [4.69, 9.17) is 0 Å². The summed E-state index contributed by atoms with van der Waals surface area (Å²) in [6.07, 6.45) is 0. The van der Waals surface area contributed by atoms with E-state index in [0.717, 1.165) is 14.2 Å². The number of rotatable bonds is 3. The smallest absolute Gasteiger partial charge is 0.0283 e. The molecule has 0 fully saturated rings. The van der Waals surface area contributed by atoms with E-state index in [-0.39, 0.29) is 0 Å². The average Bonchev–Trinajstić information content (AvgIpc) is 2.16. The molecule has 0 nitrogen and oxygen atoms in total. The van der Waals surface area contributed by atoms with Gasteiger partial charge < -0.3 is 0 Å². The Morgan fingerprint density at radius 2 is 1.33 bits per heavy atom. The van der Waals surface area contributed by atoms with Gasteiger partial charge in [-0.1, -0.05) is 79.3 Å². The molecule has 0 unspecified atom stereocenters. The summed E-state index contributed by atoms with van der Waals surface area (Å²) in [5.41, 5.74) is 4.24. The van der Waals surface area contributed by atoms with Gasteiger partial charge in [-0.25, -0.2) is 0 Å². The summed E-state index contributed by atoms with van der Waals surface area (Å²) in [6, 6.07) is 6.80. The highest BCUT2D eigenvalue weighted by atomic mass is 127. The van der Waals surface area contributed by atoms with Gasteiger partial charge in [0.1, 0.15) is 0 Å². The molecule has 66 valence electrons. The van der Waals surface area contributed by atoms with Crippen molar-refractivity contribution in [2.45, 2.75) is 14.2 Å². The molecular weight excluding hydrogens is 442 g/mol. The van der Waals surface area contributed by atoms with Crippen LogP contribution in [0.1, 0.15) is 16.7 Å². The largest absolute Gasteiger partial charge is 0.0876 e. The molecule has 1 rings (SSSR count). The maximum Gasteiger partial charge on any atom is 0.0283 e. The van der Waals surface area contributed by atoms with Crippen LogP contribution < -0.4 is 0 Å². The molecule has 0 saturated heterocycles. The first kappa shape index (κ1) is 11.2. The monoisotopic (exact) mass is 450 g/mol. The molecule has 12 heavy (non-hydrogen) atoms. The maximum absolute atomic E-state index is 3.48. The van der Waals surface area contributed by atoms with Crippen molar-refractivity contribution in [1.82, 2.24) is 0 Å². The highest BCUT2D eigenvalue weighted by Crippen LogP contribution is 2.17. The summed E-state index contributed by atoms with van der Waals surface area (Å²) in [7, 11) is 0. The predicted molar refractivity (Wildman–Crippen MR) is 74.5 cm³/mol. The standard InChI is InChI=1S/C9H9BrI2/c10-4-7-1-8(5-11)3-9(2-7)6-12/h1-3H,4-6H2. The molecule has 1 aromatic rings. The zero-order chi connectivity index (χ0) is 8.97. The fourth-order valence-corrected chi connectivity index (χ4v) is 2.28. The van der Waals surface area contributed by atoms with Crippen molar-refractivity contribution in [3.63, 3.8) is 0 Å². The van der Waals surface area contributed by atoms with Crippen LogP contribution in [0.5, 0.6) is 0 Å². The summed E-state index contributed by atoms with van der Waals surface area (Å²) in [5, 5.41) is 0.959. The first-order chi connectivity index (χ1) is 5.80. The number of halogens is 3. The van der Waals surface area contributed by atoms with Crippen molar-refractivity contribution in [3.05, 3.63) is 34.9 Å².